The number of benzene rings is 2. The molecule has 84 valence electrons. The number of fused-ring (bicyclic) bond motifs is 1. The van der Waals surface area contributed by atoms with Crippen molar-refractivity contribution in [1.82, 2.24) is 15.4 Å². The number of nitrogens with zero attached hydrogens (tertiary/aromatic N) is 2. The van der Waals surface area contributed by atoms with Crippen LogP contribution in [0.25, 0.3) is 10.8 Å². The lowest BCUT2D eigenvalue weighted by Crippen LogP contribution is -1.92. The van der Waals surface area contributed by atoms with E-state index in [0.29, 0.717) is 5.82 Å². The maximum Gasteiger partial charge on any atom is 0.172 e. The lowest BCUT2D eigenvalue weighted by Gasteiger charge is -2.08. The van der Waals surface area contributed by atoms with Crippen molar-refractivity contribution in [2.45, 2.75) is 0 Å². The Balaban J connectivity index is 2.14. The summed E-state index contributed by atoms with van der Waals surface area (Å²) >= 11 is 6.15. The molecule has 0 atom stereocenters. The van der Waals surface area contributed by atoms with Gasteiger partial charge in [-0.3, -0.25) is 0 Å². The number of hydrogen-bond donors (Lipinski definition) is 2. The number of halogens is 1. The summed E-state index contributed by atoms with van der Waals surface area (Å²) < 4.78 is 0. The summed E-state index contributed by atoms with van der Waals surface area (Å²) in [5.41, 5.74) is 0.957. The largest absolute Gasteiger partial charge is 0.337 e. The standard InChI is InChI=1S/C12H9ClN4/c13-10-5-6-11(15-12-7-14-17-16-12)9-4-2-1-3-8(9)10/h1-7H,(H2,14,15,16,17). The van der Waals surface area contributed by atoms with Crippen LogP contribution in [0.5, 0.6) is 0 Å². The molecule has 1 aromatic heterocycles. The zero-order valence-electron chi connectivity index (χ0n) is 8.81. The third kappa shape index (κ3) is 1.83. The van der Waals surface area contributed by atoms with Crippen molar-refractivity contribution in [3.05, 3.63) is 47.6 Å². The predicted octanol–water partition coefficient (Wildman–Crippen LogP) is 3.35. The van der Waals surface area contributed by atoms with Gasteiger partial charge in [0.05, 0.1) is 6.20 Å². The molecule has 0 bridgehead atoms. The molecule has 0 fully saturated rings. The van der Waals surface area contributed by atoms with Gasteiger partial charge in [0.1, 0.15) is 0 Å². The predicted molar refractivity (Wildman–Crippen MR) is 68.6 cm³/mol. The Morgan fingerprint density at radius 2 is 1.88 bits per heavy atom. The summed E-state index contributed by atoms with van der Waals surface area (Å²) in [6, 6.07) is 11.8. The quantitative estimate of drug-likeness (QED) is 0.727. The molecule has 0 unspecified atom stereocenters. The Bertz CT molecular complexity index is 649. The van der Waals surface area contributed by atoms with E-state index in [0.717, 1.165) is 21.5 Å². The van der Waals surface area contributed by atoms with Crippen LogP contribution in [0.2, 0.25) is 5.02 Å². The molecule has 1 heterocycles. The van der Waals surface area contributed by atoms with Crippen LogP contribution in [0, 0.1) is 0 Å². The highest BCUT2D eigenvalue weighted by Gasteiger charge is 2.05. The Kier molecular flexibility index (Phi) is 2.42. The third-order valence-electron chi connectivity index (χ3n) is 2.55. The molecule has 3 rings (SSSR count). The molecule has 0 spiro atoms. The monoisotopic (exact) mass is 244 g/mol. The molecule has 0 radical (unpaired) electrons. The molecule has 17 heavy (non-hydrogen) atoms. The molecule has 2 N–H and O–H groups in total. The Hall–Kier alpha value is -2.07. The van der Waals surface area contributed by atoms with Gasteiger partial charge in [0.15, 0.2) is 5.82 Å². The van der Waals surface area contributed by atoms with Crippen molar-refractivity contribution in [1.29, 1.82) is 0 Å². The highest BCUT2D eigenvalue weighted by molar-refractivity contribution is 6.36. The van der Waals surface area contributed by atoms with Crippen molar-refractivity contribution in [3.8, 4) is 0 Å². The number of nitrogens with one attached hydrogen (secondary N) is 2. The number of aromatic nitrogens is 3. The lowest BCUT2D eigenvalue weighted by molar-refractivity contribution is 0.942. The smallest absolute Gasteiger partial charge is 0.172 e. The second-order valence-corrected chi connectivity index (χ2v) is 4.03. The van der Waals surface area contributed by atoms with Crippen molar-refractivity contribution in [2.75, 3.05) is 5.32 Å². The second kappa shape index (κ2) is 4.07. The Labute approximate surface area is 103 Å². The first kappa shape index (κ1) is 10.1. The van der Waals surface area contributed by atoms with Crippen molar-refractivity contribution in [2.24, 2.45) is 0 Å². The fraction of sp³-hybridized carbons (Fsp3) is 0. The zero-order valence-corrected chi connectivity index (χ0v) is 9.57. The normalized spacial score (nSPS) is 10.6. The van der Waals surface area contributed by atoms with Crippen LogP contribution in [-0.2, 0) is 0 Å². The van der Waals surface area contributed by atoms with Gasteiger partial charge in [0.2, 0.25) is 0 Å². The summed E-state index contributed by atoms with van der Waals surface area (Å²) in [6.07, 6.45) is 1.63. The Morgan fingerprint density at radius 3 is 2.65 bits per heavy atom. The molecule has 3 aromatic rings. The van der Waals surface area contributed by atoms with Crippen LogP contribution < -0.4 is 5.32 Å². The van der Waals surface area contributed by atoms with Gasteiger partial charge in [-0.1, -0.05) is 35.9 Å². The van der Waals surface area contributed by atoms with Gasteiger partial charge in [-0.15, -0.1) is 5.10 Å². The van der Waals surface area contributed by atoms with Crippen molar-refractivity contribution < 1.29 is 0 Å². The Morgan fingerprint density at radius 1 is 1.06 bits per heavy atom. The van der Waals surface area contributed by atoms with Crippen molar-refractivity contribution in [3.63, 3.8) is 0 Å². The van der Waals surface area contributed by atoms with E-state index in [1.54, 1.807) is 6.20 Å². The molecule has 0 aliphatic heterocycles. The first-order chi connectivity index (χ1) is 8.34. The van der Waals surface area contributed by atoms with E-state index in [1.165, 1.54) is 0 Å². The fourth-order valence-corrected chi connectivity index (χ4v) is 2.00. The molecule has 0 saturated carbocycles. The average Bonchev–Trinajstić information content (AvgIpc) is 2.86. The van der Waals surface area contributed by atoms with Gasteiger partial charge in [0, 0.05) is 21.5 Å². The van der Waals surface area contributed by atoms with Gasteiger partial charge in [-0.2, -0.15) is 10.3 Å². The zero-order chi connectivity index (χ0) is 11.7. The number of anilines is 2. The van der Waals surface area contributed by atoms with Crippen LogP contribution in [0.3, 0.4) is 0 Å². The molecule has 0 amide bonds. The highest BCUT2D eigenvalue weighted by Crippen LogP contribution is 2.30. The SMILES string of the molecule is Clc1ccc(Nc2cn[nH]n2)c2ccccc12. The van der Waals surface area contributed by atoms with Crippen LogP contribution >= 0.6 is 11.6 Å². The fourth-order valence-electron chi connectivity index (χ4n) is 1.77. The van der Waals surface area contributed by atoms with Gasteiger partial charge in [-0.05, 0) is 12.1 Å². The molecular weight excluding hydrogens is 236 g/mol. The minimum absolute atomic E-state index is 0.678. The summed E-state index contributed by atoms with van der Waals surface area (Å²) in [7, 11) is 0. The minimum Gasteiger partial charge on any atom is -0.337 e. The molecule has 0 saturated heterocycles. The van der Waals surface area contributed by atoms with Gasteiger partial charge in [0.25, 0.3) is 0 Å². The van der Waals surface area contributed by atoms with E-state index in [-0.39, 0.29) is 0 Å². The maximum atomic E-state index is 6.15. The molecule has 0 aliphatic rings. The second-order valence-electron chi connectivity index (χ2n) is 3.62. The first-order valence-electron chi connectivity index (χ1n) is 5.14. The maximum absolute atomic E-state index is 6.15. The molecule has 2 aromatic carbocycles. The van der Waals surface area contributed by atoms with E-state index < -0.39 is 0 Å². The lowest BCUT2D eigenvalue weighted by atomic mass is 10.1. The van der Waals surface area contributed by atoms with Gasteiger partial charge >= 0.3 is 0 Å². The van der Waals surface area contributed by atoms with Crippen LogP contribution in [0.1, 0.15) is 0 Å². The van der Waals surface area contributed by atoms with Crippen molar-refractivity contribution >= 4 is 33.9 Å². The number of aromatic amines is 1. The summed E-state index contributed by atoms with van der Waals surface area (Å²) in [5.74, 6) is 0.678. The van der Waals surface area contributed by atoms with E-state index in [4.69, 9.17) is 11.6 Å². The molecule has 4 nitrogen and oxygen atoms in total. The highest BCUT2D eigenvalue weighted by atomic mass is 35.5. The number of H-pyrrole nitrogens is 1. The third-order valence-corrected chi connectivity index (χ3v) is 2.88. The van der Waals surface area contributed by atoms with Crippen LogP contribution in [-0.4, -0.2) is 15.4 Å². The summed E-state index contributed by atoms with van der Waals surface area (Å²) in [4.78, 5) is 0. The average molecular weight is 245 g/mol. The summed E-state index contributed by atoms with van der Waals surface area (Å²) in [5, 5.41) is 16.3. The molecule has 0 aliphatic carbocycles. The topological polar surface area (TPSA) is 53.6 Å². The van der Waals surface area contributed by atoms with E-state index in [9.17, 15) is 0 Å². The molecular formula is C12H9ClN4. The van der Waals surface area contributed by atoms with Crippen LogP contribution in [0.4, 0.5) is 11.5 Å². The molecule has 5 heteroatoms. The van der Waals surface area contributed by atoms with E-state index >= 15 is 0 Å². The van der Waals surface area contributed by atoms with Gasteiger partial charge in [-0.25, -0.2) is 0 Å². The summed E-state index contributed by atoms with van der Waals surface area (Å²) in [6.45, 7) is 0. The van der Waals surface area contributed by atoms with E-state index in [2.05, 4.69) is 20.7 Å². The minimum atomic E-state index is 0.678. The van der Waals surface area contributed by atoms with Crippen LogP contribution in [0.15, 0.2) is 42.6 Å². The van der Waals surface area contributed by atoms with Gasteiger partial charge < -0.3 is 5.32 Å². The van der Waals surface area contributed by atoms with E-state index in [1.807, 2.05) is 36.4 Å². The number of rotatable bonds is 2. The number of hydrogen-bond acceptors (Lipinski definition) is 3. The first-order valence-corrected chi connectivity index (χ1v) is 5.52.